The summed E-state index contributed by atoms with van der Waals surface area (Å²) in [6.07, 6.45) is 0. The Hall–Kier alpha value is -1.91. The molecule has 1 aliphatic heterocycles. The predicted molar refractivity (Wildman–Crippen MR) is 77.8 cm³/mol. The molecule has 2 rings (SSSR count). The molecule has 0 spiro atoms. The highest BCUT2D eigenvalue weighted by molar-refractivity contribution is 5.97. The van der Waals surface area contributed by atoms with Crippen LogP contribution >= 0.6 is 0 Å². The number of halogens is 1. The number of carbonyl (C=O) groups is 2. The molecular formula is C16H21FN2O2. The van der Waals surface area contributed by atoms with E-state index in [0.29, 0.717) is 5.56 Å². The highest BCUT2D eigenvalue weighted by Gasteiger charge is 2.43. The summed E-state index contributed by atoms with van der Waals surface area (Å²) < 4.78 is 13.3. The minimum atomic E-state index is -0.560. The standard InChI is InChI=1S/C16H21FN2O2/c1-10-14(20)18-13(16(2,3)4)15(21)19(10)9-11-6-5-7-12(17)8-11/h5-8,10,13H,9H2,1-4H3,(H,18,20). The lowest BCUT2D eigenvalue weighted by molar-refractivity contribution is -0.152. The Bertz CT molecular complexity index is 566. The highest BCUT2D eigenvalue weighted by atomic mass is 19.1. The molecule has 21 heavy (non-hydrogen) atoms. The van der Waals surface area contributed by atoms with E-state index in [9.17, 15) is 14.0 Å². The SMILES string of the molecule is CC1C(=O)NC(C(C)(C)C)C(=O)N1Cc1cccc(F)c1. The Morgan fingerprint density at radius 2 is 1.95 bits per heavy atom. The molecule has 1 heterocycles. The molecule has 0 radical (unpaired) electrons. The van der Waals surface area contributed by atoms with Crippen LogP contribution in [0.4, 0.5) is 4.39 Å². The quantitative estimate of drug-likeness (QED) is 0.907. The Labute approximate surface area is 124 Å². The topological polar surface area (TPSA) is 49.4 Å². The normalized spacial score (nSPS) is 23.2. The van der Waals surface area contributed by atoms with Crippen molar-refractivity contribution in [2.24, 2.45) is 5.41 Å². The molecule has 0 bridgehead atoms. The van der Waals surface area contributed by atoms with Crippen LogP contribution in [0.1, 0.15) is 33.3 Å². The first kappa shape index (κ1) is 15.5. The number of piperazine rings is 1. The fraction of sp³-hybridized carbons (Fsp3) is 0.500. The van der Waals surface area contributed by atoms with Crippen LogP contribution in [0, 0.1) is 11.2 Å². The molecule has 2 atom stereocenters. The maximum atomic E-state index is 13.3. The molecule has 0 saturated carbocycles. The number of hydrogen-bond donors (Lipinski definition) is 1. The number of benzene rings is 1. The van der Waals surface area contributed by atoms with Crippen molar-refractivity contribution in [1.29, 1.82) is 0 Å². The molecule has 4 nitrogen and oxygen atoms in total. The van der Waals surface area contributed by atoms with Gasteiger partial charge in [0.1, 0.15) is 17.9 Å². The van der Waals surface area contributed by atoms with Gasteiger partial charge in [-0.25, -0.2) is 4.39 Å². The van der Waals surface area contributed by atoms with Crippen molar-refractivity contribution in [2.45, 2.75) is 46.3 Å². The van der Waals surface area contributed by atoms with Gasteiger partial charge in [0.05, 0.1) is 0 Å². The Morgan fingerprint density at radius 1 is 1.29 bits per heavy atom. The van der Waals surface area contributed by atoms with Crippen molar-refractivity contribution in [3.63, 3.8) is 0 Å². The highest BCUT2D eigenvalue weighted by Crippen LogP contribution is 2.26. The number of rotatable bonds is 2. The van der Waals surface area contributed by atoms with Gasteiger partial charge in [-0.3, -0.25) is 9.59 Å². The number of nitrogens with zero attached hydrogens (tertiary/aromatic N) is 1. The van der Waals surface area contributed by atoms with E-state index < -0.39 is 12.1 Å². The number of hydrogen-bond acceptors (Lipinski definition) is 2. The van der Waals surface area contributed by atoms with E-state index in [4.69, 9.17) is 0 Å². The van der Waals surface area contributed by atoms with E-state index in [1.807, 2.05) is 20.8 Å². The van der Waals surface area contributed by atoms with Crippen LogP contribution in [0.2, 0.25) is 0 Å². The average Bonchev–Trinajstić information content (AvgIpc) is 2.37. The van der Waals surface area contributed by atoms with Gasteiger partial charge in [0, 0.05) is 6.54 Å². The van der Waals surface area contributed by atoms with E-state index in [-0.39, 0.29) is 29.6 Å². The lowest BCUT2D eigenvalue weighted by Crippen LogP contribution is -2.65. The van der Waals surface area contributed by atoms with Gasteiger partial charge < -0.3 is 10.2 Å². The van der Waals surface area contributed by atoms with E-state index in [2.05, 4.69) is 5.32 Å². The van der Waals surface area contributed by atoms with Crippen LogP contribution in [-0.2, 0) is 16.1 Å². The Balaban J connectivity index is 2.27. The van der Waals surface area contributed by atoms with Crippen molar-refractivity contribution < 1.29 is 14.0 Å². The molecule has 2 unspecified atom stereocenters. The molecule has 0 aliphatic carbocycles. The van der Waals surface area contributed by atoms with Gasteiger partial charge in [-0.05, 0) is 30.0 Å². The minimum Gasteiger partial charge on any atom is -0.342 e. The summed E-state index contributed by atoms with van der Waals surface area (Å²) in [7, 11) is 0. The zero-order chi connectivity index (χ0) is 15.8. The Kier molecular flexibility index (Phi) is 4.03. The predicted octanol–water partition coefficient (Wildman–Crippen LogP) is 2.09. The number of nitrogens with one attached hydrogen (secondary N) is 1. The van der Waals surface area contributed by atoms with Crippen molar-refractivity contribution in [1.82, 2.24) is 10.2 Å². The first-order valence-corrected chi connectivity index (χ1v) is 7.05. The summed E-state index contributed by atoms with van der Waals surface area (Å²) in [6.45, 7) is 7.65. The molecule has 5 heteroatoms. The van der Waals surface area contributed by atoms with Crippen molar-refractivity contribution in [3.8, 4) is 0 Å². The smallest absolute Gasteiger partial charge is 0.246 e. The second-order valence-corrected chi connectivity index (χ2v) is 6.58. The summed E-state index contributed by atoms with van der Waals surface area (Å²) in [6, 6.07) is 4.98. The maximum Gasteiger partial charge on any atom is 0.246 e. The third-order valence-corrected chi connectivity index (χ3v) is 3.77. The van der Waals surface area contributed by atoms with Gasteiger partial charge in [-0.15, -0.1) is 0 Å². The van der Waals surface area contributed by atoms with Gasteiger partial charge in [0.2, 0.25) is 11.8 Å². The molecule has 1 aromatic rings. The van der Waals surface area contributed by atoms with E-state index in [1.165, 1.54) is 17.0 Å². The number of amides is 2. The average molecular weight is 292 g/mol. The largest absolute Gasteiger partial charge is 0.342 e. The maximum absolute atomic E-state index is 13.3. The fourth-order valence-corrected chi connectivity index (χ4v) is 2.46. The summed E-state index contributed by atoms with van der Waals surface area (Å²) >= 11 is 0. The van der Waals surface area contributed by atoms with Crippen molar-refractivity contribution in [2.75, 3.05) is 0 Å². The lowest BCUT2D eigenvalue weighted by atomic mass is 9.84. The van der Waals surface area contributed by atoms with Gasteiger partial charge in [0.15, 0.2) is 0 Å². The second-order valence-electron chi connectivity index (χ2n) is 6.58. The molecule has 0 aromatic heterocycles. The summed E-state index contributed by atoms with van der Waals surface area (Å²) in [5.41, 5.74) is 0.310. The molecule has 114 valence electrons. The third-order valence-electron chi connectivity index (χ3n) is 3.77. The van der Waals surface area contributed by atoms with E-state index >= 15 is 0 Å². The third kappa shape index (κ3) is 3.23. The van der Waals surface area contributed by atoms with Crippen LogP contribution in [0.15, 0.2) is 24.3 Å². The zero-order valence-corrected chi connectivity index (χ0v) is 12.8. The minimum absolute atomic E-state index is 0.126. The molecule has 1 aliphatic rings. The fourth-order valence-electron chi connectivity index (χ4n) is 2.46. The summed E-state index contributed by atoms with van der Waals surface area (Å²) in [5.74, 6) is -0.647. The molecule has 2 amide bonds. The van der Waals surface area contributed by atoms with Gasteiger partial charge in [-0.2, -0.15) is 0 Å². The lowest BCUT2D eigenvalue weighted by Gasteiger charge is -2.42. The monoisotopic (exact) mass is 292 g/mol. The zero-order valence-electron chi connectivity index (χ0n) is 12.8. The number of carbonyl (C=O) groups excluding carboxylic acids is 2. The van der Waals surface area contributed by atoms with Crippen LogP contribution < -0.4 is 5.32 Å². The first-order chi connectivity index (χ1) is 9.70. The van der Waals surface area contributed by atoms with Gasteiger partial charge in [0.25, 0.3) is 0 Å². The van der Waals surface area contributed by atoms with Gasteiger partial charge in [-0.1, -0.05) is 32.9 Å². The van der Waals surface area contributed by atoms with Crippen LogP contribution in [0.3, 0.4) is 0 Å². The second kappa shape index (κ2) is 5.47. The van der Waals surface area contributed by atoms with Gasteiger partial charge >= 0.3 is 0 Å². The van der Waals surface area contributed by atoms with E-state index in [0.717, 1.165) is 0 Å². The molecule has 1 aromatic carbocycles. The van der Waals surface area contributed by atoms with Crippen molar-refractivity contribution >= 4 is 11.8 Å². The van der Waals surface area contributed by atoms with Crippen LogP contribution in [-0.4, -0.2) is 28.8 Å². The van der Waals surface area contributed by atoms with Crippen LogP contribution in [0.25, 0.3) is 0 Å². The summed E-state index contributed by atoms with van der Waals surface area (Å²) in [4.78, 5) is 26.2. The Morgan fingerprint density at radius 3 is 2.52 bits per heavy atom. The summed E-state index contributed by atoms with van der Waals surface area (Å²) in [5, 5.41) is 2.78. The van der Waals surface area contributed by atoms with Crippen LogP contribution in [0.5, 0.6) is 0 Å². The molecule has 1 N–H and O–H groups in total. The first-order valence-electron chi connectivity index (χ1n) is 7.05. The molecule has 1 saturated heterocycles. The van der Waals surface area contributed by atoms with E-state index in [1.54, 1.807) is 19.1 Å². The van der Waals surface area contributed by atoms with Crippen molar-refractivity contribution in [3.05, 3.63) is 35.6 Å². The molecular weight excluding hydrogens is 271 g/mol. The molecule has 1 fully saturated rings.